The van der Waals surface area contributed by atoms with Gasteiger partial charge >= 0.3 is 0 Å². The number of carbonyl (C=O) groups is 1. The summed E-state index contributed by atoms with van der Waals surface area (Å²) >= 11 is 1.69. The number of benzene rings is 1. The monoisotopic (exact) mass is 302 g/mol. The number of hydrogen-bond donors (Lipinski definition) is 2. The Morgan fingerprint density at radius 2 is 2.05 bits per heavy atom. The molecule has 3 nitrogen and oxygen atoms in total. The zero-order valence-corrected chi connectivity index (χ0v) is 13.4. The van der Waals surface area contributed by atoms with Gasteiger partial charge in [0.1, 0.15) is 0 Å². The van der Waals surface area contributed by atoms with Gasteiger partial charge < -0.3 is 10.6 Å². The van der Waals surface area contributed by atoms with E-state index >= 15 is 0 Å². The Hall–Kier alpha value is -1.65. The molecule has 1 heterocycles. The lowest BCUT2D eigenvalue weighted by Gasteiger charge is -2.17. The maximum Gasteiger partial charge on any atom is 0.252 e. The lowest BCUT2D eigenvalue weighted by Crippen LogP contribution is -2.28. The van der Waals surface area contributed by atoms with E-state index in [1.807, 2.05) is 42.8 Å². The predicted octanol–water partition coefficient (Wildman–Crippen LogP) is 3.39. The molecule has 0 aliphatic carbocycles. The Morgan fingerprint density at radius 3 is 2.71 bits per heavy atom. The molecule has 2 rings (SSSR count). The van der Waals surface area contributed by atoms with Crippen molar-refractivity contribution < 1.29 is 4.79 Å². The van der Waals surface area contributed by atoms with Crippen molar-refractivity contribution >= 4 is 17.2 Å². The molecule has 0 bridgehead atoms. The summed E-state index contributed by atoms with van der Waals surface area (Å²) in [6, 6.07) is 12.0. The molecule has 2 N–H and O–H groups in total. The van der Waals surface area contributed by atoms with Crippen LogP contribution >= 0.6 is 11.3 Å². The van der Waals surface area contributed by atoms with E-state index < -0.39 is 0 Å². The zero-order chi connectivity index (χ0) is 15.1. The predicted molar refractivity (Wildman–Crippen MR) is 88.9 cm³/mol. The summed E-state index contributed by atoms with van der Waals surface area (Å²) in [5.74, 6) is 0.0157. The summed E-state index contributed by atoms with van der Waals surface area (Å²) in [5.41, 5.74) is 1.87. The van der Waals surface area contributed by atoms with E-state index in [1.54, 1.807) is 11.3 Å². The Kier molecular flexibility index (Phi) is 5.96. The van der Waals surface area contributed by atoms with Crippen LogP contribution in [0.3, 0.4) is 0 Å². The molecule has 0 spiro atoms. The van der Waals surface area contributed by atoms with E-state index in [4.69, 9.17) is 0 Å². The first-order chi connectivity index (χ1) is 10.3. The second-order valence-corrected chi connectivity index (χ2v) is 5.94. The van der Waals surface area contributed by atoms with Crippen molar-refractivity contribution in [1.82, 2.24) is 10.6 Å². The van der Waals surface area contributed by atoms with Crippen LogP contribution in [0, 0.1) is 0 Å². The Bertz CT molecular complexity index is 566. The van der Waals surface area contributed by atoms with Gasteiger partial charge in [0.05, 0.1) is 6.04 Å². The van der Waals surface area contributed by atoms with Crippen molar-refractivity contribution in [3.8, 4) is 0 Å². The number of amides is 1. The Balaban J connectivity index is 2.12. The summed E-state index contributed by atoms with van der Waals surface area (Å²) in [5, 5.41) is 8.33. The zero-order valence-electron chi connectivity index (χ0n) is 12.6. The third-order valence-corrected chi connectivity index (χ3v) is 4.49. The Labute approximate surface area is 130 Å². The van der Waals surface area contributed by atoms with Crippen molar-refractivity contribution in [2.24, 2.45) is 0 Å². The lowest BCUT2D eigenvalue weighted by atomic mass is 10.0. The topological polar surface area (TPSA) is 41.1 Å². The van der Waals surface area contributed by atoms with Crippen LogP contribution in [-0.4, -0.2) is 19.5 Å². The highest BCUT2D eigenvalue weighted by atomic mass is 32.1. The molecule has 0 saturated carbocycles. The molecule has 112 valence electrons. The summed E-state index contributed by atoms with van der Waals surface area (Å²) < 4.78 is 0. The SMILES string of the molecule is CCC(NC(=O)c1ccccc1CCNC)c1cccs1. The molecule has 0 saturated heterocycles. The van der Waals surface area contributed by atoms with Gasteiger partial charge in [0.25, 0.3) is 5.91 Å². The third kappa shape index (κ3) is 4.16. The number of thiophene rings is 1. The number of rotatable bonds is 7. The first-order valence-electron chi connectivity index (χ1n) is 7.33. The van der Waals surface area contributed by atoms with Crippen molar-refractivity contribution in [2.45, 2.75) is 25.8 Å². The van der Waals surface area contributed by atoms with E-state index in [2.05, 4.69) is 23.6 Å². The van der Waals surface area contributed by atoms with E-state index in [0.29, 0.717) is 0 Å². The fourth-order valence-corrected chi connectivity index (χ4v) is 3.18. The number of nitrogens with one attached hydrogen (secondary N) is 2. The van der Waals surface area contributed by atoms with Crippen LogP contribution < -0.4 is 10.6 Å². The molecule has 0 fully saturated rings. The number of hydrogen-bond acceptors (Lipinski definition) is 3. The average molecular weight is 302 g/mol. The van der Waals surface area contributed by atoms with Crippen LogP contribution in [0.5, 0.6) is 0 Å². The highest BCUT2D eigenvalue weighted by Crippen LogP contribution is 2.22. The molecule has 2 aromatic rings. The molecular weight excluding hydrogens is 280 g/mol. The molecule has 1 atom stereocenters. The maximum atomic E-state index is 12.6. The van der Waals surface area contributed by atoms with Gasteiger partial charge in [-0.1, -0.05) is 31.2 Å². The smallest absolute Gasteiger partial charge is 0.252 e. The number of carbonyl (C=O) groups excluding carboxylic acids is 1. The molecule has 1 aromatic heterocycles. The van der Waals surface area contributed by atoms with Crippen LogP contribution in [0.1, 0.15) is 40.2 Å². The molecule has 0 radical (unpaired) electrons. The van der Waals surface area contributed by atoms with E-state index in [9.17, 15) is 4.79 Å². The molecular formula is C17H22N2OS. The van der Waals surface area contributed by atoms with Crippen molar-refractivity contribution in [1.29, 1.82) is 0 Å². The van der Waals surface area contributed by atoms with Gasteiger partial charge in [-0.15, -0.1) is 11.3 Å². The molecule has 21 heavy (non-hydrogen) atoms. The van der Waals surface area contributed by atoms with Crippen LogP contribution in [0.15, 0.2) is 41.8 Å². The van der Waals surface area contributed by atoms with Crippen LogP contribution in [0.4, 0.5) is 0 Å². The Morgan fingerprint density at radius 1 is 1.24 bits per heavy atom. The third-order valence-electron chi connectivity index (χ3n) is 3.51. The van der Waals surface area contributed by atoms with E-state index in [-0.39, 0.29) is 11.9 Å². The summed E-state index contributed by atoms with van der Waals surface area (Å²) in [7, 11) is 1.92. The fourth-order valence-electron chi connectivity index (χ4n) is 2.32. The largest absolute Gasteiger partial charge is 0.344 e. The summed E-state index contributed by atoms with van der Waals surface area (Å²) in [4.78, 5) is 13.8. The minimum absolute atomic E-state index is 0.0157. The first kappa shape index (κ1) is 15.7. The van der Waals surface area contributed by atoms with Crippen LogP contribution in [-0.2, 0) is 6.42 Å². The highest BCUT2D eigenvalue weighted by Gasteiger charge is 2.16. The minimum atomic E-state index is 0.0157. The fraction of sp³-hybridized carbons (Fsp3) is 0.353. The number of likely N-dealkylation sites (N-methyl/N-ethyl adjacent to an activating group) is 1. The molecule has 0 aliphatic heterocycles. The minimum Gasteiger partial charge on any atom is -0.344 e. The highest BCUT2D eigenvalue weighted by molar-refractivity contribution is 7.10. The normalized spacial score (nSPS) is 12.1. The molecule has 1 aromatic carbocycles. The lowest BCUT2D eigenvalue weighted by molar-refractivity contribution is 0.0935. The molecule has 1 unspecified atom stereocenters. The average Bonchev–Trinajstić information content (AvgIpc) is 3.04. The molecule has 4 heteroatoms. The summed E-state index contributed by atoms with van der Waals surface area (Å²) in [6.45, 7) is 2.96. The van der Waals surface area contributed by atoms with Crippen LogP contribution in [0.25, 0.3) is 0 Å². The van der Waals surface area contributed by atoms with Gasteiger partial charge in [-0.3, -0.25) is 4.79 Å². The maximum absolute atomic E-state index is 12.6. The second kappa shape index (κ2) is 7.96. The standard InChI is InChI=1S/C17H22N2OS/c1-3-15(16-9-6-12-21-16)19-17(20)14-8-5-4-7-13(14)10-11-18-2/h4-9,12,15,18H,3,10-11H2,1-2H3,(H,19,20). The molecule has 1 amide bonds. The second-order valence-electron chi connectivity index (χ2n) is 4.96. The quantitative estimate of drug-likeness (QED) is 0.823. The van der Waals surface area contributed by atoms with Crippen molar-refractivity contribution in [2.75, 3.05) is 13.6 Å². The van der Waals surface area contributed by atoms with Gasteiger partial charge in [0.2, 0.25) is 0 Å². The first-order valence-corrected chi connectivity index (χ1v) is 8.21. The van der Waals surface area contributed by atoms with Gasteiger partial charge in [0.15, 0.2) is 0 Å². The molecule has 0 aliphatic rings. The van der Waals surface area contributed by atoms with E-state index in [1.165, 1.54) is 4.88 Å². The van der Waals surface area contributed by atoms with Gasteiger partial charge in [-0.25, -0.2) is 0 Å². The summed E-state index contributed by atoms with van der Waals surface area (Å²) in [6.07, 6.45) is 1.75. The van der Waals surface area contributed by atoms with E-state index in [0.717, 1.165) is 30.5 Å². The van der Waals surface area contributed by atoms with Crippen LogP contribution in [0.2, 0.25) is 0 Å². The van der Waals surface area contributed by atoms with Crippen molar-refractivity contribution in [3.05, 3.63) is 57.8 Å². The van der Waals surface area contributed by atoms with Crippen molar-refractivity contribution in [3.63, 3.8) is 0 Å². The van der Waals surface area contributed by atoms with Gasteiger partial charge in [0, 0.05) is 10.4 Å². The van der Waals surface area contributed by atoms with Gasteiger partial charge in [-0.05, 0) is 49.5 Å². The van der Waals surface area contributed by atoms with Gasteiger partial charge in [-0.2, -0.15) is 0 Å².